The number of hydrogen-bond donors (Lipinski definition) is 4. The minimum Gasteiger partial charge on any atom is -0.392 e. The van der Waals surface area contributed by atoms with E-state index in [1.165, 1.54) is 0 Å². The summed E-state index contributed by atoms with van der Waals surface area (Å²) in [7, 11) is 0. The summed E-state index contributed by atoms with van der Waals surface area (Å²) in [6, 6.07) is 0.446. The summed E-state index contributed by atoms with van der Waals surface area (Å²) in [5.41, 5.74) is 16.9. The molecule has 2 unspecified atom stereocenters. The van der Waals surface area contributed by atoms with Gasteiger partial charge < -0.3 is 22.3 Å². The summed E-state index contributed by atoms with van der Waals surface area (Å²) in [5, 5.41) is 9.77. The van der Waals surface area contributed by atoms with Gasteiger partial charge in [-0.15, -0.1) is 0 Å². The Kier molecular flexibility index (Phi) is 12.3. The predicted octanol–water partition coefficient (Wildman–Crippen LogP) is -0.984. The maximum Gasteiger partial charge on any atom is 0.0664 e. The Morgan fingerprint density at radius 2 is 1.50 bits per heavy atom. The highest BCUT2D eigenvalue weighted by atomic mass is 16.3. The molecule has 0 aliphatic carbocycles. The number of aliphatic hydroxyl groups is 1. The second kappa shape index (κ2) is 12.5. The predicted molar refractivity (Wildman–Crippen MR) is 85.6 cm³/mol. The lowest BCUT2D eigenvalue weighted by Gasteiger charge is -2.31. The number of rotatable bonds is 13. The molecule has 0 bridgehead atoms. The van der Waals surface area contributed by atoms with E-state index in [9.17, 15) is 5.11 Å². The van der Waals surface area contributed by atoms with E-state index in [2.05, 4.69) is 16.7 Å². The third-order valence-corrected chi connectivity index (χ3v) is 3.70. The van der Waals surface area contributed by atoms with Crippen molar-refractivity contribution in [2.45, 2.75) is 38.8 Å². The molecule has 0 aromatic rings. The zero-order valence-electron chi connectivity index (χ0n) is 13.3. The van der Waals surface area contributed by atoms with Crippen LogP contribution in [-0.2, 0) is 0 Å². The van der Waals surface area contributed by atoms with E-state index in [1.807, 2.05) is 6.92 Å². The smallest absolute Gasteiger partial charge is 0.0664 e. The van der Waals surface area contributed by atoms with Crippen LogP contribution in [0.4, 0.5) is 0 Å². The fourth-order valence-corrected chi connectivity index (χ4v) is 2.34. The first-order valence-corrected chi connectivity index (χ1v) is 7.83. The Hall–Kier alpha value is -0.240. The van der Waals surface area contributed by atoms with Gasteiger partial charge in [0.1, 0.15) is 0 Å². The lowest BCUT2D eigenvalue weighted by molar-refractivity contribution is 0.102. The Morgan fingerprint density at radius 1 is 0.950 bits per heavy atom. The summed E-state index contributed by atoms with van der Waals surface area (Å²) in [6.07, 6.45) is 1.56. The average molecular weight is 289 g/mol. The monoisotopic (exact) mass is 289 g/mol. The topological polar surface area (TPSA) is 105 Å². The van der Waals surface area contributed by atoms with E-state index in [1.54, 1.807) is 0 Å². The van der Waals surface area contributed by atoms with Crippen LogP contribution in [0.15, 0.2) is 0 Å². The van der Waals surface area contributed by atoms with Crippen LogP contribution in [0.3, 0.4) is 0 Å². The zero-order chi connectivity index (χ0) is 15.4. The molecule has 6 nitrogen and oxygen atoms in total. The third-order valence-electron chi connectivity index (χ3n) is 3.70. The van der Waals surface area contributed by atoms with E-state index in [0.29, 0.717) is 32.2 Å². The van der Waals surface area contributed by atoms with Gasteiger partial charge in [-0.3, -0.25) is 9.80 Å². The van der Waals surface area contributed by atoms with E-state index in [0.717, 1.165) is 39.0 Å². The van der Waals surface area contributed by atoms with Gasteiger partial charge in [0.25, 0.3) is 0 Å². The molecule has 6 heteroatoms. The maximum absolute atomic E-state index is 9.77. The first kappa shape index (κ1) is 19.8. The molecular formula is C14H35N5O. The van der Waals surface area contributed by atoms with Crippen molar-refractivity contribution in [1.82, 2.24) is 9.80 Å². The van der Waals surface area contributed by atoms with Crippen LogP contribution in [0.5, 0.6) is 0 Å². The molecule has 122 valence electrons. The number of nitrogens with zero attached hydrogens (tertiary/aromatic N) is 2. The molecular weight excluding hydrogens is 254 g/mol. The largest absolute Gasteiger partial charge is 0.392 e. The van der Waals surface area contributed by atoms with Gasteiger partial charge in [0, 0.05) is 51.9 Å². The van der Waals surface area contributed by atoms with Gasteiger partial charge in [-0.1, -0.05) is 6.92 Å². The van der Waals surface area contributed by atoms with Crippen LogP contribution < -0.4 is 17.2 Å². The summed E-state index contributed by atoms with van der Waals surface area (Å²) in [5.74, 6) is 0. The van der Waals surface area contributed by atoms with Crippen LogP contribution in [0.25, 0.3) is 0 Å². The van der Waals surface area contributed by atoms with E-state index in [4.69, 9.17) is 17.2 Å². The molecule has 20 heavy (non-hydrogen) atoms. The molecule has 0 amide bonds. The van der Waals surface area contributed by atoms with Crippen molar-refractivity contribution in [3.05, 3.63) is 0 Å². The van der Waals surface area contributed by atoms with Crippen molar-refractivity contribution >= 4 is 0 Å². The van der Waals surface area contributed by atoms with Crippen LogP contribution in [0.2, 0.25) is 0 Å². The fourth-order valence-electron chi connectivity index (χ4n) is 2.34. The maximum atomic E-state index is 9.77. The average Bonchev–Trinajstić information content (AvgIpc) is 2.44. The molecule has 0 fully saturated rings. The number of hydrogen-bond acceptors (Lipinski definition) is 6. The van der Waals surface area contributed by atoms with Crippen LogP contribution >= 0.6 is 0 Å². The van der Waals surface area contributed by atoms with Gasteiger partial charge in [0.2, 0.25) is 0 Å². The minimum atomic E-state index is -0.263. The Balaban J connectivity index is 4.21. The van der Waals surface area contributed by atoms with Gasteiger partial charge in [0.15, 0.2) is 0 Å². The third kappa shape index (κ3) is 8.84. The molecule has 0 saturated carbocycles. The second-order valence-electron chi connectivity index (χ2n) is 5.40. The Morgan fingerprint density at radius 3 is 1.95 bits per heavy atom. The highest BCUT2D eigenvalue weighted by Gasteiger charge is 2.15. The Bertz CT molecular complexity index is 212. The van der Waals surface area contributed by atoms with Gasteiger partial charge in [0.05, 0.1) is 6.10 Å². The van der Waals surface area contributed by atoms with E-state index >= 15 is 0 Å². The molecule has 0 saturated heterocycles. The molecule has 2 atom stereocenters. The van der Waals surface area contributed by atoms with Crippen molar-refractivity contribution in [3.8, 4) is 0 Å². The van der Waals surface area contributed by atoms with Crippen molar-refractivity contribution in [3.63, 3.8) is 0 Å². The van der Waals surface area contributed by atoms with Crippen molar-refractivity contribution in [2.75, 3.05) is 52.4 Å². The molecule has 0 heterocycles. The number of aliphatic hydroxyl groups excluding tert-OH is 1. The normalized spacial score (nSPS) is 15.0. The Labute approximate surface area is 124 Å². The van der Waals surface area contributed by atoms with Crippen LogP contribution in [-0.4, -0.2) is 79.4 Å². The first-order chi connectivity index (χ1) is 9.58. The van der Waals surface area contributed by atoms with E-state index < -0.39 is 0 Å². The minimum absolute atomic E-state index is 0.263. The lowest BCUT2D eigenvalue weighted by Crippen LogP contribution is -2.43. The van der Waals surface area contributed by atoms with Crippen LogP contribution in [0, 0.1) is 0 Å². The molecule has 0 aliphatic heterocycles. The number of nitrogens with two attached hydrogens (primary N) is 3. The van der Waals surface area contributed by atoms with Crippen molar-refractivity contribution in [1.29, 1.82) is 0 Å². The molecule has 0 aromatic heterocycles. The second-order valence-corrected chi connectivity index (χ2v) is 5.40. The molecule has 0 aromatic carbocycles. The SMILES string of the molecule is CCC(O)CN(CCN)CCC(C)N(CCN)CCN. The van der Waals surface area contributed by atoms with E-state index in [-0.39, 0.29) is 6.10 Å². The zero-order valence-corrected chi connectivity index (χ0v) is 13.3. The molecule has 0 radical (unpaired) electrons. The van der Waals surface area contributed by atoms with Crippen LogP contribution in [0.1, 0.15) is 26.7 Å². The van der Waals surface area contributed by atoms with Gasteiger partial charge in [-0.2, -0.15) is 0 Å². The summed E-state index contributed by atoms with van der Waals surface area (Å²) >= 11 is 0. The van der Waals surface area contributed by atoms with Gasteiger partial charge in [-0.25, -0.2) is 0 Å². The van der Waals surface area contributed by atoms with Crippen molar-refractivity contribution < 1.29 is 5.11 Å². The molecule has 7 N–H and O–H groups in total. The highest BCUT2D eigenvalue weighted by molar-refractivity contribution is 4.72. The molecule has 0 aliphatic rings. The summed E-state index contributed by atoms with van der Waals surface area (Å²) in [6.45, 7) is 10.4. The molecule has 0 rings (SSSR count). The van der Waals surface area contributed by atoms with Crippen molar-refractivity contribution in [2.24, 2.45) is 17.2 Å². The van der Waals surface area contributed by atoms with Gasteiger partial charge in [-0.05, 0) is 26.3 Å². The standard InChI is InChI=1S/C14H35N5O/c1-3-14(20)12-18(9-5-15)8-4-13(2)19(10-6-16)11-7-17/h13-14,20H,3-12,15-17H2,1-2H3. The van der Waals surface area contributed by atoms with Gasteiger partial charge >= 0.3 is 0 Å². The highest BCUT2D eigenvalue weighted by Crippen LogP contribution is 2.06. The first-order valence-electron chi connectivity index (χ1n) is 7.83. The molecule has 0 spiro atoms. The summed E-state index contributed by atoms with van der Waals surface area (Å²) < 4.78 is 0. The summed E-state index contributed by atoms with van der Waals surface area (Å²) in [4.78, 5) is 4.57. The fraction of sp³-hybridized carbons (Fsp3) is 1.00. The lowest BCUT2D eigenvalue weighted by atomic mass is 10.1. The quantitative estimate of drug-likeness (QED) is 0.347.